The summed E-state index contributed by atoms with van der Waals surface area (Å²) in [5, 5.41) is 11.5. The van der Waals surface area contributed by atoms with Crippen LogP contribution in [0.4, 0.5) is 0 Å². The molecule has 1 aliphatic heterocycles. The molecular weight excluding hydrogens is 220 g/mol. The van der Waals surface area contributed by atoms with Gasteiger partial charge in [0.1, 0.15) is 6.04 Å². The Kier molecular flexibility index (Phi) is 5.41. The molecule has 2 unspecified atom stereocenters. The van der Waals surface area contributed by atoms with E-state index in [1.54, 1.807) is 0 Å². The topological polar surface area (TPSA) is 69.6 Å². The summed E-state index contributed by atoms with van der Waals surface area (Å²) < 4.78 is 0. The Morgan fingerprint density at radius 1 is 1.41 bits per heavy atom. The first kappa shape index (κ1) is 14.0. The molecule has 1 amide bonds. The number of carbonyl (C=O) groups is 2. The molecule has 0 bridgehead atoms. The van der Waals surface area contributed by atoms with Crippen LogP contribution >= 0.6 is 0 Å². The lowest BCUT2D eigenvalue weighted by Crippen LogP contribution is -2.48. The van der Waals surface area contributed by atoms with Gasteiger partial charge in [0.05, 0.1) is 0 Å². The van der Waals surface area contributed by atoms with Crippen molar-refractivity contribution in [1.29, 1.82) is 0 Å². The molecule has 0 spiro atoms. The number of rotatable bonds is 4. The second kappa shape index (κ2) is 6.59. The zero-order chi connectivity index (χ0) is 12.8. The lowest BCUT2D eigenvalue weighted by molar-refractivity contribution is -0.142. The summed E-state index contributed by atoms with van der Waals surface area (Å²) in [6.45, 7) is 5.83. The molecule has 98 valence electrons. The summed E-state index contributed by atoms with van der Waals surface area (Å²) in [5.74, 6) is -0.540. The van der Waals surface area contributed by atoms with Gasteiger partial charge in [-0.1, -0.05) is 6.92 Å². The van der Waals surface area contributed by atoms with Gasteiger partial charge in [-0.2, -0.15) is 0 Å². The van der Waals surface area contributed by atoms with E-state index in [1.165, 1.54) is 13.3 Å². The normalized spacial score (nSPS) is 23.8. The SMILES string of the molecule is CC(=O)NC(CN1CCCC(C)CC1)C(=O)O. The van der Waals surface area contributed by atoms with Crippen LogP contribution in [-0.4, -0.2) is 47.6 Å². The molecule has 2 N–H and O–H groups in total. The smallest absolute Gasteiger partial charge is 0.327 e. The minimum absolute atomic E-state index is 0.291. The molecule has 5 heteroatoms. The Bertz CT molecular complexity index is 281. The quantitative estimate of drug-likeness (QED) is 0.761. The third kappa shape index (κ3) is 5.17. The number of likely N-dealkylation sites (tertiary alicyclic amines) is 1. The number of carboxylic acid groups (broad SMARTS) is 1. The fourth-order valence-electron chi connectivity index (χ4n) is 2.19. The Balaban J connectivity index is 2.48. The predicted molar refractivity (Wildman–Crippen MR) is 64.7 cm³/mol. The van der Waals surface area contributed by atoms with Crippen molar-refractivity contribution in [3.05, 3.63) is 0 Å². The summed E-state index contributed by atoms with van der Waals surface area (Å²) in [6, 6.07) is -0.791. The molecule has 0 aromatic rings. The third-order valence-electron chi connectivity index (χ3n) is 3.23. The van der Waals surface area contributed by atoms with Gasteiger partial charge in [0.25, 0.3) is 0 Å². The molecule has 1 heterocycles. The van der Waals surface area contributed by atoms with E-state index in [4.69, 9.17) is 5.11 Å². The van der Waals surface area contributed by atoms with Crippen molar-refractivity contribution in [1.82, 2.24) is 10.2 Å². The molecule has 0 aliphatic carbocycles. The van der Waals surface area contributed by atoms with Gasteiger partial charge in [-0.3, -0.25) is 4.79 Å². The molecule has 17 heavy (non-hydrogen) atoms. The number of nitrogens with zero attached hydrogens (tertiary/aromatic N) is 1. The largest absolute Gasteiger partial charge is 0.480 e. The standard InChI is InChI=1S/C12H22N2O3/c1-9-4-3-6-14(7-5-9)8-11(12(16)17)13-10(2)15/h9,11H,3-8H2,1-2H3,(H,13,15)(H,16,17). The maximum Gasteiger partial charge on any atom is 0.327 e. The number of nitrogens with one attached hydrogen (secondary N) is 1. The van der Waals surface area contributed by atoms with Crippen LogP contribution in [0.15, 0.2) is 0 Å². The first-order valence-corrected chi connectivity index (χ1v) is 6.21. The van der Waals surface area contributed by atoms with E-state index in [-0.39, 0.29) is 5.91 Å². The highest BCUT2D eigenvalue weighted by atomic mass is 16.4. The van der Waals surface area contributed by atoms with E-state index < -0.39 is 12.0 Å². The zero-order valence-corrected chi connectivity index (χ0v) is 10.6. The summed E-state index contributed by atoms with van der Waals surface area (Å²) >= 11 is 0. The molecular formula is C12H22N2O3. The molecule has 1 rings (SSSR count). The van der Waals surface area contributed by atoms with Crippen molar-refractivity contribution in [3.8, 4) is 0 Å². The van der Waals surface area contributed by atoms with E-state index in [9.17, 15) is 9.59 Å². The van der Waals surface area contributed by atoms with Gasteiger partial charge in [-0.25, -0.2) is 4.79 Å². The van der Waals surface area contributed by atoms with Gasteiger partial charge in [-0.15, -0.1) is 0 Å². The Morgan fingerprint density at radius 2 is 2.12 bits per heavy atom. The highest BCUT2D eigenvalue weighted by Crippen LogP contribution is 2.16. The zero-order valence-electron chi connectivity index (χ0n) is 10.6. The lowest BCUT2D eigenvalue weighted by atomic mass is 10.0. The van der Waals surface area contributed by atoms with Gasteiger partial charge < -0.3 is 15.3 Å². The number of carbonyl (C=O) groups excluding carboxylic acids is 1. The third-order valence-corrected chi connectivity index (χ3v) is 3.23. The number of hydrogen-bond donors (Lipinski definition) is 2. The Hall–Kier alpha value is -1.10. The second-order valence-corrected chi connectivity index (χ2v) is 4.93. The van der Waals surface area contributed by atoms with Gasteiger partial charge in [0, 0.05) is 13.5 Å². The summed E-state index contributed by atoms with van der Waals surface area (Å²) in [5.41, 5.74) is 0. The fraction of sp³-hybridized carbons (Fsp3) is 0.833. The first-order valence-electron chi connectivity index (χ1n) is 6.21. The highest BCUT2D eigenvalue weighted by molar-refractivity contribution is 5.82. The molecule has 0 aromatic heterocycles. The van der Waals surface area contributed by atoms with E-state index >= 15 is 0 Å². The van der Waals surface area contributed by atoms with Crippen LogP contribution in [-0.2, 0) is 9.59 Å². The fourth-order valence-corrected chi connectivity index (χ4v) is 2.19. The molecule has 0 saturated carbocycles. The van der Waals surface area contributed by atoms with E-state index in [0.717, 1.165) is 25.9 Å². The number of aliphatic carboxylic acids is 1. The van der Waals surface area contributed by atoms with Gasteiger partial charge in [0.2, 0.25) is 5.91 Å². The molecule has 5 nitrogen and oxygen atoms in total. The molecule has 2 atom stereocenters. The van der Waals surface area contributed by atoms with E-state index in [2.05, 4.69) is 17.1 Å². The minimum Gasteiger partial charge on any atom is -0.480 e. The minimum atomic E-state index is -0.961. The van der Waals surface area contributed by atoms with Crippen molar-refractivity contribution >= 4 is 11.9 Å². The van der Waals surface area contributed by atoms with Crippen LogP contribution in [0.1, 0.15) is 33.1 Å². The second-order valence-electron chi connectivity index (χ2n) is 4.93. The van der Waals surface area contributed by atoms with Crippen molar-refractivity contribution in [2.24, 2.45) is 5.92 Å². The number of hydrogen-bond acceptors (Lipinski definition) is 3. The lowest BCUT2D eigenvalue weighted by Gasteiger charge is -2.24. The molecule has 0 aromatic carbocycles. The average Bonchev–Trinajstić information content (AvgIpc) is 2.42. The van der Waals surface area contributed by atoms with Crippen LogP contribution in [0, 0.1) is 5.92 Å². The molecule has 1 saturated heterocycles. The average molecular weight is 242 g/mol. The van der Waals surface area contributed by atoms with Crippen molar-refractivity contribution < 1.29 is 14.7 Å². The summed E-state index contributed by atoms with van der Waals surface area (Å²) in [7, 11) is 0. The van der Waals surface area contributed by atoms with Crippen LogP contribution in [0.2, 0.25) is 0 Å². The highest BCUT2D eigenvalue weighted by Gasteiger charge is 2.23. The number of amides is 1. The van der Waals surface area contributed by atoms with E-state index in [1.807, 2.05) is 0 Å². The summed E-state index contributed by atoms with van der Waals surface area (Å²) in [4.78, 5) is 24.1. The van der Waals surface area contributed by atoms with E-state index in [0.29, 0.717) is 12.5 Å². The molecule has 1 fully saturated rings. The van der Waals surface area contributed by atoms with Crippen molar-refractivity contribution in [3.63, 3.8) is 0 Å². The first-order chi connectivity index (χ1) is 7.99. The van der Waals surface area contributed by atoms with Crippen LogP contribution in [0.25, 0.3) is 0 Å². The van der Waals surface area contributed by atoms with Crippen molar-refractivity contribution in [2.75, 3.05) is 19.6 Å². The van der Waals surface area contributed by atoms with Crippen LogP contribution in [0.5, 0.6) is 0 Å². The van der Waals surface area contributed by atoms with Crippen molar-refractivity contribution in [2.45, 2.75) is 39.2 Å². The monoisotopic (exact) mass is 242 g/mol. The molecule has 0 radical (unpaired) electrons. The maximum absolute atomic E-state index is 11.0. The predicted octanol–water partition coefficient (Wildman–Crippen LogP) is 0.698. The van der Waals surface area contributed by atoms with Gasteiger partial charge in [0.15, 0.2) is 0 Å². The number of carboxylic acids is 1. The van der Waals surface area contributed by atoms with Gasteiger partial charge >= 0.3 is 5.97 Å². The maximum atomic E-state index is 11.0. The Morgan fingerprint density at radius 3 is 2.71 bits per heavy atom. The Labute approximate surface area is 102 Å². The molecule has 1 aliphatic rings. The van der Waals surface area contributed by atoms with Crippen LogP contribution in [0.3, 0.4) is 0 Å². The van der Waals surface area contributed by atoms with Gasteiger partial charge in [-0.05, 0) is 38.3 Å². The van der Waals surface area contributed by atoms with Crippen LogP contribution < -0.4 is 5.32 Å². The summed E-state index contributed by atoms with van der Waals surface area (Å²) in [6.07, 6.45) is 3.41.